The summed E-state index contributed by atoms with van der Waals surface area (Å²) in [5.74, 6) is 0.322. The molecule has 1 heterocycles. The standard InChI is InChI=1S/C22H19ClN2O3/c1-2-28-20-13-14(7-12-19(20)26)21-24-18-6-4-3-5-17(18)22(27)25(21)16-10-8-15(23)9-11-16/h3-13,21,24,26H,2H2,1H3/t21-/m0/s1. The first-order valence-corrected chi connectivity index (χ1v) is 9.36. The van der Waals surface area contributed by atoms with Crippen LogP contribution >= 0.6 is 11.6 Å². The SMILES string of the molecule is CCOc1cc([C@H]2Nc3ccccc3C(=O)N2c2ccc(Cl)cc2)ccc1O. The number of para-hydroxylation sites is 1. The number of fused-ring (bicyclic) bond motifs is 1. The minimum atomic E-state index is -0.469. The van der Waals surface area contributed by atoms with Crippen molar-refractivity contribution in [2.75, 3.05) is 16.8 Å². The molecule has 3 aromatic rings. The lowest BCUT2D eigenvalue weighted by atomic mass is 10.0. The maximum atomic E-state index is 13.3. The van der Waals surface area contributed by atoms with E-state index in [1.165, 1.54) is 0 Å². The van der Waals surface area contributed by atoms with Gasteiger partial charge in [-0.1, -0.05) is 29.8 Å². The van der Waals surface area contributed by atoms with Crippen molar-refractivity contribution in [3.05, 3.63) is 82.9 Å². The minimum absolute atomic E-state index is 0.0613. The second-order valence-electron chi connectivity index (χ2n) is 6.40. The molecule has 1 atom stereocenters. The number of amides is 1. The van der Waals surface area contributed by atoms with Crippen molar-refractivity contribution in [2.45, 2.75) is 13.1 Å². The summed E-state index contributed by atoms with van der Waals surface area (Å²) in [6.07, 6.45) is -0.469. The molecule has 6 heteroatoms. The summed E-state index contributed by atoms with van der Waals surface area (Å²) in [5, 5.41) is 14.1. The summed E-state index contributed by atoms with van der Waals surface area (Å²) in [7, 11) is 0. The van der Waals surface area contributed by atoms with Gasteiger partial charge < -0.3 is 15.2 Å². The Morgan fingerprint density at radius 3 is 2.61 bits per heavy atom. The zero-order valence-electron chi connectivity index (χ0n) is 15.2. The number of benzene rings is 3. The van der Waals surface area contributed by atoms with Crippen LogP contribution in [0.15, 0.2) is 66.7 Å². The first kappa shape index (κ1) is 18.2. The van der Waals surface area contributed by atoms with Crippen molar-refractivity contribution in [2.24, 2.45) is 0 Å². The van der Waals surface area contributed by atoms with Gasteiger partial charge in [-0.2, -0.15) is 0 Å². The number of aromatic hydroxyl groups is 1. The maximum absolute atomic E-state index is 13.3. The highest BCUT2D eigenvalue weighted by molar-refractivity contribution is 6.30. The first-order chi connectivity index (χ1) is 13.6. The fraction of sp³-hybridized carbons (Fsp3) is 0.136. The number of ether oxygens (including phenoxy) is 1. The minimum Gasteiger partial charge on any atom is -0.504 e. The second-order valence-corrected chi connectivity index (χ2v) is 6.84. The van der Waals surface area contributed by atoms with Gasteiger partial charge in [-0.3, -0.25) is 9.69 Å². The van der Waals surface area contributed by atoms with E-state index in [9.17, 15) is 9.90 Å². The van der Waals surface area contributed by atoms with Gasteiger partial charge in [0.15, 0.2) is 11.5 Å². The highest BCUT2D eigenvalue weighted by Gasteiger charge is 2.34. The van der Waals surface area contributed by atoms with E-state index < -0.39 is 6.17 Å². The Morgan fingerprint density at radius 1 is 1.11 bits per heavy atom. The number of hydrogen-bond donors (Lipinski definition) is 2. The smallest absolute Gasteiger partial charge is 0.262 e. The van der Waals surface area contributed by atoms with Crippen LogP contribution in [-0.4, -0.2) is 17.6 Å². The van der Waals surface area contributed by atoms with Crippen molar-refractivity contribution in [1.82, 2.24) is 0 Å². The quantitative estimate of drug-likeness (QED) is 0.637. The summed E-state index contributed by atoms with van der Waals surface area (Å²) >= 11 is 6.03. The van der Waals surface area contributed by atoms with Crippen LogP contribution in [0.4, 0.5) is 11.4 Å². The third kappa shape index (κ3) is 3.25. The van der Waals surface area contributed by atoms with Gasteiger partial charge in [0.25, 0.3) is 5.91 Å². The number of rotatable bonds is 4. The van der Waals surface area contributed by atoms with E-state index >= 15 is 0 Å². The molecule has 2 N–H and O–H groups in total. The van der Waals surface area contributed by atoms with Crippen molar-refractivity contribution < 1.29 is 14.6 Å². The van der Waals surface area contributed by atoms with E-state index in [0.717, 1.165) is 11.3 Å². The largest absolute Gasteiger partial charge is 0.504 e. The molecule has 5 nitrogen and oxygen atoms in total. The molecule has 3 aromatic carbocycles. The summed E-state index contributed by atoms with van der Waals surface area (Å²) in [4.78, 5) is 15.0. The molecule has 0 spiro atoms. The van der Waals surface area contributed by atoms with E-state index in [1.807, 2.05) is 37.3 Å². The number of phenols is 1. The van der Waals surface area contributed by atoms with E-state index in [2.05, 4.69) is 5.32 Å². The Kier molecular flexibility index (Phi) is 4.84. The molecular formula is C22H19ClN2O3. The lowest BCUT2D eigenvalue weighted by Gasteiger charge is -2.38. The van der Waals surface area contributed by atoms with E-state index in [-0.39, 0.29) is 11.7 Å². The van der Waals surface area contributed by atoms with Crippen molar-refractivity contribution in [3.63, 3.8) is 0 Å². The van der Waals surface area contributed by atoms with Gasteiger partial charge in [0, 0.05) is 16.4 Å². The lowest BCUT2D eigenvalue weighted by Crippen LogP contribution is -2.43. The summed E-state index contributed by atoms with van der Waals surface area (Å²) < 4.78 is 5.52. The van der Waals surface area contributed by atoms with Crippen LogP contribution in [0.5, 0.6) is 11.5 Å². The van der Waals surface area contributed by atoms with Gasteiger partial charge >= 0.3 is 0 Å². The molecule has 1 aliphatic heterocycles. The van der Waals surface area contributed by atoms with Crippen LogP contribution < -0.4 is 15.0 Å². The Morgan fingerprint density at radius 2 is 1.86 bits per heavy atom. The van der Waals surface area contributed by atoms with Gasteiger partial charge in [0.05, 0.1) is 12.2 Å². The number of nitrogens with one attached hydrogen (secondary N) is 1. The average molecular weight is 395 g/mol. The van der Waals surface area contributed by atoms with E-state index in [4.69, 9.17) is 16.3 Å². The monoisotopic (exact) mass is 394 g/mol. The van der Waals surface area contributed by atoms with E-state index in [0.29, 0.717) is 28.6 Å². The molecule has 4 rings (SSSR count). The Bertz CT molecular complexity index is 1020. The number of anilines is 2. The summed E-state index contributed by atoms with van der Waals surface area (Å²) in [5.41, 5.74) is 2.86. The van der Waals surface area contributed by atoms with Gasteiger partial charge in [0.1, 0.15) is 6.17 Å². The molecule has 142 valence electrons. The molecule has 1 amide bonds. The van der Waals surface area contributed by atoms with Gasteiger partial charge in [0.2, 0.25) is 0 Å². The Hall–Kier alpha value is -3.18. The van der Waals surface area contributed by atoms with Crippen LogP contribution in [0.3, 0.4) is 0 Å². The van der Waals surface area contributed by atoms with Gasteiger partial charge in [-0.25, -0.2) is 0 Å². The van der Waals surface area contributed by atoms with Crippen LogP contribution in [-0.2, 0) is 0 Å². The molecule has 0 bridgehead atoms. The first-order valence-electron chi connectivity index (χ1n) is 8.99. The van der Waals surface area contributed by atoms with Crippen molar-refractivity contribution >= 4 is 28.9 Å². The maximum Gasteiger partial charge on any atom is 0.262 e. The molecule has 0 saturated carbocycles. The number of hydrogen-bond acceptors (Lipinski definition) is 4. The fourth-order valence-corrected chi connectivity index (χ4v) is 3.45. The fourth-order valence-electron chi connectivity index (χ4n) is 3.33. The predicted octanol–water partition coefficient (Wildman–Crippen LogP) is 5.22. The average Bonchev–Trinajstić information content (AvgIpc) is 2.71. The molecule has 28 heavy (non-hydrogen) atoms. The third-order valence-corrected chi connectivity index (χ3v) is 4.88. The van der Waals surface area contributed by atoms with Gasteiger partial charge in [-0.15, -0.1) is 0 Å². The molecule has 0 aliphatic carbocycles. The molecule has 0 radical (unpaired) electrons. The summed E-state index contributed by atoms with van der Waals surface area (Å²) in [6, 6.07) is 19.6. The zero-order chi connectivity index (χ0) is 19.7. The van der Waals surface area contributed by atoms with Crippen LogP contribution in [0.2, 0.25) is 5.02 Å². The lowest BCUT2D eigenvalue weighted by molar-refractivity contribution is 0.0975. The number of phenolic OH excluding ortho intramolecular Hbond substituents is 1. The van der Waals surface area contributed by atoms with Crippen molar-refractivity contribution in [1.29, 1.82) is 0 Å². The van der Waals surface area contributed by atoms with Gasteiger partial charge in [-0.05, 0) is 61.0 Å². The normalized spacial score (nSPS) is 15.7. The number of halogens is 1. The summed E-state index contributed by atoms with van der Waals surface area (Å²) in [6.45, 7) is 2.28. The van der Waals surface area contributed by atoms with Crippen LogP contribution in [0, 0.1) is 0 Å². The number of carbonyl (C=O) groups is 1. The third-order valence-electron chi connectivity index (χ3n) is 4.63. The topological polar surface area (TPSA) is 61.8 Å². The zero-order valence-corrected chi connectivity index (χ0v) is 16.0. The second kappa shape index (κ2) is 7.44. The number of nitrogens with zero attached hydrogens (tertiary/aromatic N) is 1. The van der Waals surface area contributed by atoms with Crippen molar-refractivity contribution in [3.8, 4) is 11.5 Å². The molecule has 0 unspecified atom stereocenters. The highest BCUT2D eigenvalue weighted by Crippen LogP contribution is 2.39. The Labute approximate surface area is 168 Å². The predicted molar refractivity (Wildman–Crippen MR) is 110 cm³/mol. The highest BCUT2D eigenvalue weighted by atomic mass is 35.5. The Balaban J connectivity index is 1.84. The van der Waals surface area contributed by atoms with E-state index in [1.54, 1.807) is 41.3 Å². The molecule has 1 aliphatic rings. The molecular weight excluding hydrogens is 376 g/mol. The van der Waals surface area contributed by atoms with Crippen LogP contribution in [0.1, 0.15) is 29.0 Å². The number of carbonyl (C=O) groups excluding carboxylic acids is 1. The molecule has 0 aromatic heterocycles. The molecule has 0 saturated heterocycles. The van der Waals surface area contributed by atoms with Crippen LogP contribution in [0.25, 0.3) is 0 Å². The molecule has 0 fully saturated rings.